The Morgan fingerprint density at radius 1 is 1.30 bits per heavy atom. The first-order chi connectivity index (χ1) is 13.1. The first kappa shape index (κ1) is 18.0. The lowest BCUT2D eigenvalue weighted by atomic mass is 9.94. The van der Waals surface area contributed by atoms with Crippen LogP contribution in [-0.4, -0.2) is 26.5 Å². The summed E-state index contributed by atoms with van der Waals surface area (Å²) in [4.78, 5) is 12.5. The summed E-state index contributed by atoms with van der Waals surface area (Å²) >= 11 is 5.23. The van der Waals surface area contributed by atoms with Gasteiger partial charge in [0.15, 0.2) is 16.3 Å². The van der Waals surface area contributed by atoms with Crippen molar-refractivity contribution in [2.24, 2.45) is 0 Å². The molecule has 2 aromatic rings. The molecule has 1 saturated carbocycles. The van der Waals surface area contributed by atoms with Crippen LogP contribution in [0.5, 0.6) is 11.5 Å². The highest BCUT2D eigenvalue weighted by Crippen LogP contribution is 2.46. The number of hydrogen-bond donors (Lipinski definition) is 2. The Bertz CT molecular complexity index is 899. The van der Waals surface area contributed by atoms with Gasteiger partial charge < -0.3 is 14.8 Å². The van der Waals surface area contributed by atoms with Crippen LogP contribution < -0.4 is 14.8 Å². The van der Waals surface area contributed by atoms with Crippen molar-refractivity contribution in [1.29, 1.82) is 0 Å². The minimum atomic E-state index is -0.512. The number of rotatable bonds is 5. The number of hydrogen-bond acceptors (Lipinski definition) is 5. The predicted octanol–water partition coefficient (Wildman–Crippen LogP) is 3.96. The van der Waals surface area contributed by atoms with Crippen molar-refractivity contribution < 1.29 is 14.3 Å². The number of nitrogens with zero attached hydrogens (tertiary/aromatic N) is 2. The van der Waals surface area contributed by atoms with Gasteiger partial charge in [-0.05, 0) is 43.6 Å². The minimum absolute atomic E-state index is 0.128. The second-order valence-corrected chi connectivity index (χ2v) is 7.55. The van der Waals surface area contributed by atoms with Gasteiger partial charge in [0.05, 0.1) is 0 Å². The molecule has 8 heteroatoms. The number of aromatic amines is 1. The molecule has 0 atom stereocenters. The standard InChI is InChI=1S/C19H24N4O3S/c1-2-6-16-21-22-18(27)23(16)12-17(24)20-13-7-8-14-15(11-13)26-19(25-14)9-4-3-5-10-19/h7-8,11H,2-6,9-10,12H2,1H3,(H,20,24)(H,22,27). The molecule has 1 aliphatic carbocycles. The molecule has 1 aromatic carbocycles. The maximum Gasteiger partial charge on any atom is 0.251 e. The highest BCUT2D eigenvalue weighted by molar-refractivity contribution is 7.71. The summed E-state index contributed by atoms with van der Waals surface area (Å²) in [6, 6.07) is 5.53. The van der Waals surface area contributed by atoms with E-state index < -0.39 is 5.79 Å². The summed E-state index contributed by atoms with van der Waals surface area (Å²) in [5.74, 6) is 1.57. The van der Waals surface area contributed by atoms with Gasteiger partial charge in [-0.3, -0.25) is 14.5 Å². The number of anilines is 1. The van der Waals surface area contributed by atoms with Crippen molar-refractivity contribution in [3.8, 4) is 11.5 Å². The van der Waals surface area contributed by atoms with Gasteiger partial charge in [0.2, 0.25) is 5.91 Å². The molecule has 2 N–H and O–H groups in total. The molecule has 4 rings (SSSR count). The van der Waals surface area contributed by atoms with Crippen molar-refractivity contribution >= 4 is 23.8 Å². The van der Waals surface area contributed by atoms with Crippen LogP contribution in [0.25, 0.3) is 0 Å². The maximum atomic E-state index is 12.5. The topological polar surface area (TPSA) is 81.2 Å². The molecule has 0 radical (unpaired) electrons. The van der Waals surface area contributed by atoms with Crippen LogP contribution in [0, 0.1) is 4.77 Å². The molecule has 1 aliphatic heterocycles. The van der Waals surface area contributed by atoms with Crippen LogP contribution in [0.3, 0.4) is 0 Å². The lowest BCUT2D eigenvalue weighted by Crippen LogP contribution is -2.40. The van der Waals surface area contributed by atoms with E-state index in [-0.39, 0.29) is 12.5 Å². The van der Waals surface area contributed by atoms with Gasteiger partial charge in [-0.25, -0.2) is 0 Å². The highest BCUT2D eigenvalue weighted by Gasteiger charge is 2.42. The summed E-state index contributed by atoms with van der Waals surface area (Å²) in [7, 11) is 0. The third-order valence-corrected chi connectivity index (χ3v) is 5.36. The summed E-state index contributed by atoms with van der Waals surface area (Å²) in [5, 5.41) is 9.86. The molecule has 27 heavy (non-hydrogen) atoms. The summed E-state index contributed by atoms with van der Waals surface area (Å²) in [6.45, 7) is 2.19. The smallest absolute Gasteiger partial charge is 0.251 e. The Labute approximate surface area is 163 Å². The quantitative estimate of drug-likeness (QED) is 0.758. The monoisotopic (exact) mass is 388 g/mol. The molecular weight excluding hydrogens is 364 g/mol. The lowest BCUT2D eigenvalue weighted by molar-refractivity contribution is -0.116. The molecular formula is C19H24N4O3S. The van der Waals surface area contributed by atoms with E-state index >= 15 is 0 Å². The number of fused-ring (bicyclic) bond motifs is 1. The van der Waals surface area contributed by atoms with Gasteiger partial charge in [-0.15, -0.1) is 0 Å². The molecule has 0 saturated heterocycles. The van der Waals surface area contributed by atoms with Crippen molar-refractivity contribution in [3.05, 3.63) is 28.8 Å². The van der Waals surface area contributed by atoms with E-state index in [9.17, 15) is 4.79 Å². The predicted molar refractivity (Wildman–Crippen MR) is 104 cm³/mol. The molecule has 2 aliphatic rings. The number of amides is 1. The maximum absolute atomic E-state index is 12.5. The SMILES string of the molecule is CCCc1n[nH]c(=S)n1CC(=O)Nc1ccc2c(c1)OC1(CCCCC1)O2. The zero-order valence-corrected chi connectivity index (χ0v) is 16.2. The van der Waals surface area contributed by atoms with Crippen LogP contribution in [0.4, 0.5) is 5.69 Å². The average Bonchev–Trinajstić information content (AvgIpc) is 3.16. The second kappa shape index (κ2) is 7.34. The number of benzene rings is 1. The van der Waals surface area contributed by atoms with Crippen molar-refractivity contribution in [1.82, 2.24) is 14.8 Å². The third-order valence-electron chi connectivity index (χ3n) is 5.05. The van der Waals surface area contributed by atoms with Gasteiger partial charge in [0.1, 0.15) is 12.4 Å². The molecule has 1 aromatic heterocycles. The van der Waals surface area contributed by atoms with Gasteiger partial charge in [0, 0.05) is 31.0 Å². The van der Waals surface area contributed by atoms with E-state index in [1.54, 1.807) is 4.57 Å². The number of aryl methyl sites for hydroxylation is 1. The molecule has 1 amide bonds. The molecule has 2 heterocycles. The fourth-order valence-corrected chi connectivity index (χ4v) is 3.95. The van der Waals surface area contributed by atoms with Gasteiger partial charge in [-0.2, -0.15) is 5.10 Å². The summed E-state index contributed by atoms with van der Waals surface area (Å²) < 4.78 is 14.4. The van der Waals surface area contributed by atoms with Crippen molar-refractivity contribution in [2.75, 3.05) is 5.32 Å². The summed E-state index contributed by atoms with van der Waals surface area (Å²) in [6.07, 6.45) is 6.97. The molecule has 0 bridgehead atoms. The van der Waals surface area contributed by atoms with Gasteiger partial charge in [0.25, 0.3) is 5.79 Å². The Morgan fingerprint density at radius 2 is 2.07 bits per heavy atom. The third kappa shape index (κ3) is 3.71. The number of carbonyl (C=O) groups is 1. The number of aromatic nitrogens is 3. The van der Waals surface area contributed by atoms with E-state index in [2.05, 4.69) is 22.4 Å². The van der Waals surface area contributed by atoms with E-state index in [1.165, 1.54) is 6.42 Å². The zero-order valence-electron chi connectivity index (χ0n) is 15.4. The molecule has 1 spiro atoms. The molecule has 7 nitrogen and oxygen atoms in total. The number of carbonyl (C=O) groups excluding carboxylic acids is 1. The summed E-state index contributed by atoms with van der Waals surface area (Å²) in [5.41, 5.74) is 0.683. The van der Waals surface area contributed by atoms with Crippen LogP contribution >= 0.6 is 12.2 Å². The van der Waals surface area contributed by atoms with Crippen molar-refractivity contribution in [2.45, 2.75) is 64.2 Å². The van der Waals surface area contributed by atoms with E-state index in [1.807, 2.05) is 18.2 Å². The van der Waals surface area contributed by atoms with Gasteiger partial charge in [-0.1, -0.05) is 13.3 Å². The molecule has 144 valence electrons. The van der Waals surface area contributed by atoms with Crippen molar-refractivity contribution in [3.63, 3.8) is 0 Å². The van der Waals surface area contributed by atoms with Crippen LogP contribution in [0.1, 0.15) is 51.3 Å². The van der Waals surface area contributed by atoms with E-state index in [0.717, 1.165) is 50.1 Å². The van der Waals surface area contributed by atoms with E-state index in [4.69, 9.17) is 21.7 Å². The number of nitrogens with one attached hydrogen (secondary N) is 2. The number of ether oxygens (including phenoxy) is 2. The molecule has 1 fully saturated rings. The first-order valence-corrected chi connectivity index (χ1v) is 9.95. The largest absolute Gasteiger partial charge is 0.448 e. The Balaban J connectivity index is 1.44. The Morgan fingerprint density at radius 3 is 2.85 bits per heavy atom. The Hall–Kier alpha value is -2.35. The second-order valence-electron chi connectivity index (χ2n) is 7.17. The first-order valence-electron chi connectivity index (χ1n) is 9.54. The lowest BCUT2D eigenvalue weighted by Gasteiger charge is -2.31. The van der Waals surface area contributed by atoms with Crippen LogP contribution in [0.15, 0.2) is 18.2 Å². The molecule has 0 unspecified atom stereocenters. The van der Waals surface area contributed by atoms with E-state index in [0.29, 0.717) is 16.2 Å². The fourth-order valence-electron chi connectivity index (χ4n) is 3.74. The van der Waals surface area contributed by atoms with Crippen LogP contribution in [-0.2, 0) is 17.8 Å². The zero-order chi connectivity index (χ0) is 18.9. The normalized spacial score (nSPS) is 17.2. The van der Waals surface area contributed by atoms with Gasteiger partial charge >= 0.3 is 0 Å². The van der Waals surface area contributed by atoms with Crippen LogP contribution in [0.2, 0.25) is 0 Å². The Kier molecular flexibility index (Phi) is 4.90. The minimum Gasteiger partial charge on any atom is -0.448 e. The average molecular weight is 388 g/mol. The fraction of sp³-hybridized carbons (Fsp3) is 0.526. The highest BCUT2D eigenvalue weighted by atomic mass is 32.1. The number of H-pyrrole nitrogens is 1.